The van der Waals surface area contributed by atoms with Gasteiger partial charge in [0.1, 0.15) is 12.1 Å². The molecule has 0 aliphatic rings. The molecule has 4 unspecified atom stereocenters. The number of ether oxygens (including phenoxy) is 2. The lowest BCUT2D eigenvalue weighted by Crippen LogP contribution is -2.42. The molecule has 4 atom stereocenters. The van der Waals surface area contributed by atoms with Gasteiger partial charge in [0.05, 0.1) is 25.4 Å². The Morgan fingerprint density at radius 3 is 2.13 bits per heavy atom. The van der Waals surface area contributed by atoms with Crippen LogP contribution in [-0.4, -0.2) is 101 Å². The number of aliphatic carboxylic acids is 2. The average molecular weight is 473 g/mol. The Labute approximate surface area is 185 Å². The number of hydrogen-bond acceptors (Lipinski definition) is 10. The van der Waals surface area contributed by atoms with Crippen LogP contribution in [0.25, 0.3) is 0 Å². The summed E-state index contributed by atoms with van der Waals surface area (Å²) in [6, 6.07) is -1.75. The van der Waals surface area contributed by atoms with Gasteiger partial charge in [-0.05, 0) is 25.7 Å². The van der Waals surface area contributed by atoms with E-state index in [4.69, 9.17) is 20.3 Å². The van der Waals surface area contributed by atoms with Crippen LogP contribution < -0.4 is 11.1 Å². The summed E-state index contributed by atoms with van der Waals surface area (Å²) in [5, 5.41) is 40.0. The van der Waals surface area contributed by atoms with E-state index in [1.807, 2.05) is 6.92 Å². The van der Waals surface area contributed by atoms with Gasteiger partial charge in [-0.2, -0.15) is 0 Å². The number of carboxylic acid groups (broad SMARTS) is 2. The van der Waals surface area contributed by atoms with Gasteiger partial charge in [-0.15, -0.1) is 0 Å². The number of aliphatic hydroxyl groups excluding tert-OH is 2. The summed E-state index contributed by atoms with van der Waals surface area (Å²) in [6.45, 7) is 3.43. The first kappa shape index (κ1) is 29.4. The summed E-state index contributed by atoms with van der Waals surface area (Å²) in [5.41, 5.74) is 5.39. The monoisotopic (exact) mass is 472 g/mol. The number of rotatable bonds is 21. The molecule has 0 aliphatic heterocycles. The van der Waals surface area contributed by atoms with Crippen LogP contribution in [0.1, 0.15) is 32.6 Å². The minimum atomic E-state index is -1.07. The van der Waals surface area contributed by atoms with Gasteiger partial charge in [-0.25, -0.2) is 0 Å². The molecule has 12 heteroatoms. The van der Waals surface area contributed by atoms with Gasteiger partial charge in [-0.3, -0.25) is 9.59 Å². The lowest BCUT2D eigenvalue weighted by Gasteiger charge is -2.17. The van der Waals surface area contributed by atoms with Crippen molar-refractivity contribution in [2.75, 3.05) is 44.5 Å². The van der Waals surface area contributed by atoms with Gasteiger partial charge in [0.15, 0.2) is 0 Å². The summed E-state index contributed by atoms with van der Waals surface area (Å²) in [4.78, 5) is 21.9. The van der Waals surface area contributed by atoms with E-state index in [1.54, 1.807) is 0 Å². The zero-order valence-electron chi connectivity index (χ0n) is 17.4. The molecule has 0 aromatic heterocycles. The Bertz CT molecular complexity index is 462. The number of carbonyl (C=O) groups is 2. The van der Waals surface area contributed by atoms with Gasteiger partial charge in [0.2, 0.25) is 0 Å². The highest BCUT2D eigenvalue weighted by atomic mass is 33.1. The maximum atomic E-state index is 11.3. The molecule has 0 radical (unpaired) electrons. The molecule has 0 aromatic rings. The molecule has 0 rings (SSSR count). The van der Waals surface area contributed by atoms with Gasteiger partial charge >= 0.3 is 11.9 Å². The van der Waals surface area contributed by atoms with Crippen LogP contribution in [0.2, 0.25) is 0 Å². The fourth-order valence-electron chi connectivity index (χ4n) is 2.03. The first-order valence-corrected chi connectivity index (χ1v) is 12.5. The number of nitrogens with one attached hydrogen (secondary N) is 1. The highest BCUT2D eigenvalue weighted by Crippen LogP contribution is 2.23. The maximum absolute atomic E-state index is 11.3. The minimum absolute atomic E-state index is 0.0939. The maximum Gasteiger partial charge on any atom is 0.321 e. The van der Waals surface area contributed by atoms with Crippen molar-refractivity contribution >= 4 is 33.5 Å². The van der Waals surface area contributed by atoms with Crippen LogP contribution >= 0.6 is 21.6 Å². The van der Waals surface area contributed by atoms with Crippen LogP contribution in [0.5, 0.6) is 0 Å². The van der Waals surface area contributed by atoms with Gasteiger partial charge in [0, 0.05) is 31.3 Å². The Balaban J connectivity index is 3.74. The quantitative estimate of drug-likeness (QED) is 0.0988. The number of unbranched alkanes of at least 4 members (excludes halogenated alkanes) is 1. The molecule has 178 valence electrons. The minimum Gasteiger partial charge on any atom is -0.480 e. The molecule has 0 bridgehead atoms. The van der Waals surface area contributed by atoms with Crippen molar-refractivity contribution in [1.29, 1.82) is 0 Å². The summed E-state index contributed by atoms with van der Waals surface area (Å²) in [5.74, 6) is -1.33. The summed E-state index contributed by atoms with van der Waals surface area (Å²) >= 11 is 0. The van der Waals surface area contributed by atoms with E-state index in [9.17, 15) is 24.9 Å². The van der Waals surface area contributed by atoms with E-state index in [-0.39, 0.29) is 18.9 Å². The number of nitrogens with two attached hydrogens (primary N) is 1. The Kier molecular flexibility index (Phi) is 18.7. The van der Waals surface area contributed by atoms with E-state index in [0.29, 0.717) is 38.4 Å². The van der Waals surface area contributed by atoms with Crippen LogP contribution in [0.3, 0.4) is 0 Å². The summed E-state index contributed by atoms with van der Waals surface area (Å²) < 4.78 is 10.7. The van der Waals surface area contributed by atoms with Gasteiger partial charge in [0.25, 0.3) is 0 Å². The molecule has 7 N–H and O–H groups in total. The van der Waals surface area contributed by atoms with Crippen molar-refractivity contribution in [3.63, 3.8) is 0 Å². The molecule has 0 amide bonds. The van der Waals surface area contributed by atoms with Crippen molar-refractivity contribution in [2.45, 2.75) is 56.9 Å². The fourth-order valence-corrected chi connectivity index (χ4v) is 4.24. The predicted octanol–water partition coefficient (Wildman–Crippen LogP) is 0.158. The lowest BCUT2D eigenvalue weighted by atomic mass is 10.2. The molecule has 0 aromatic carbocycles. The van der Waals surface area contributed by atoms with Crippen molar-refractivity contribution in [2.24, 2.45) is 5.73 Å². The van der Waals surface area contributed by atoms with Crippen LogP contribution in [-0.2, 0) is 19.1 Å². The van der Waals surface area contributed by atoms with Crippen LogP contribution in [0.15, 0.2) is 0 Å². The highest BCUT2D eigenvalue weighted by molar-refractivity contribution is 8.76. The van der Waals surface area contributed by atoms with E-state index in [2.05, 4.69) is 5.32 Å². The molecule has 0 heterocycles. The molecule has 0 saturated heterocycles. The molecule has 0 aliphatic carbocycles. The molecule has 30 heavy (non-hydrogen) atoms. The van der Waals surface area contributed by atoms with E-state index >= 15 is 0 Å². The second kappa shape index (κ2) is 19.1. The van der Waals surface area contributed by atoms with E-state index in [1.165, 1.54) is 21.6 Å². The molecule has 0 spiro atoms. The molecule has 0 fully saturated rings. The Hall–Kier alpha value is -0.600. The SMILES string of the molecule is CCC(O)COCCCCOCC(O)CNC(CCSSCC(N)C(=O)O)C(=O)O. The normalized spacial score (nSPS) is 15.5. The zero-order chi connectivity index (χ0) is 22.8. The third-order valence-corrected chi connectivity index (χ3v) is 6.43. The van der Waals surface area contributed by atoms with Crippen LogP contribution in [0.4, 0.5) is 0 Å². The van der Waals surface area contributed by atoms with Gasteiger partial charge < -0.3 is 41.0 Å². The van der Waals surface area contributed by atoms with Crippen molar-refractivity contribution in [1.82, 2.24) is 5.32 Å². The summed E-state index contributed by atoms with van der Waals surface area (Å²) in [6.07, 6.45) is 1.30. The van der Waals surface area contributed by atoms with Crippen molar-refractivity contribution in [3.8, 4) is 0 Å². The number of carboxylic acids is 2. The third-order valence-electron chi connectivity index (χ3n) is 3.96. The zero-order valence-corrected chi connectivity index (χ0v) is 19.0. The average Bonchev–Trinajstić information content (AvgIpc) is 2.70. The molecular formula is C18H36N2O8S2. The lowest BCUT2D eigenvalue weighted by molar-refractivity contribution is -0.140. The van der Waals surface area contributed by atoms with Crippen LogP contribution in [0, 0.1) is 0 Å². The second-order valence-electron chi connectivity index (χ2n) is 6.71. The highest BCUT2D eigenvalue weighted by Gasteiger charge is 2.18. The molecule has 10 nitrogen and oxygen atoms in total. The largest absolute Gasteiger partial charge is 0.480 e. The Morgan fingerprint density at radius 2 is 1.60 bits per heavy atom. The Morgan fingerprint density at radius 1 is 1.00 bits per heavy atom. The van der Waals surface area contributed by atoms with E-state index < -0.39 is 36.2 Å². The standard InChI is InChI=1S/C18H36N2O8S2/c1-2-13(21)10-27-6-3-4-7-28-11-14(22)9-20-16(18(25)26)5-8-29-30-12-15(19)17(23)24/h13-16,20-22H,2-12,19H2,1H3,(H,23,24)(H,25,26). The van der Waals surface area contributed by atoms with Gasteiger partial charge in [-0.1, -0.05) is 28.5 Å². The molecule has 0 saturated carbocycles. The first-order valence-electron chi connectivity index (χ1n) is 9.98. The fraction of sp³-hybridized carbons (Fsp3) is 0.889. The predicted molar refractivity (Wildman–Crippen MR) is 118 cm³/mol. The third kappa shape index (κ3) is 17.1. The topological polar surface area (TPSA) is 172 Å². The van der Waals surface area contributed by atoms with E-state index in [0.717, 1.165) is 12.8 Å². The summed E-state index contributed by atoms with van der Waals surface area (Å²) in [7, 11) is 2.66. The first-order chi connectivity index (χ1) is 14.3. The van der Waals surface area contributed by atoms with Crippen molar-refractivity contribution < 1.29 is 39.5 Å². The number of hydrogen-bond donors (Lipinski definition) is 6. The molecular weight excluding hydrogens is 436 g/mol. The number of aliphatic hydroxyl groups is 2. The van der Waals surface area contributed by atoms with Crippen molar-refractivity contribution in [3.05, 3.63) is 0 Å². The smallest absolute Gasteiger partial charge is 0.321 e. The second-order valence-corrected chi connectivity index (χ2v) is 9.34.